The first-order chi connectivity index (χ1) is 9.92. The third kappa shape index (κ3) is 3.07. The highest BCUT2D eigenvalue weighted by Gasteiger charge is 2.14. The van der Waals surface area contributed by atoms with Crippen molar-refractivity contribution in [3.8, 4) is 6.07 Å². The Hall–Kier alpha value is -2.71. The summed E-state index contributed by atoms with van der Waals surface area (Å²) in [5.41, 5.74) is 14.0. The molecule has 2 aromatic carbocycles. The standard InChI is InChI=1S/C15H13ClN4O/c1-8-2-3-9(7-17)4-13(8)20-14-11(15(19)21)5-10(18)6-12(14)16/h2-6,20H,18H2,1H3,(H2,19,21). The van der Waals surface area contributed by atoms with Crippen molar-refractivity contribution in [3.05, 3.63) is 52.0 Å². The van der Waals surface area contributed by atoms with Gasteiger partial charge in [0.05, 0.1) is 27.9 Å². The van der Waals surface area contributed by atoms with Crippen molar-refractivity contribution in [3.63, 3.8) is 0 Å². The van der Waals surface area contributed by atoms with Gasteiger partial charge >= 0.3 is 0 Å². The zero-order valence-corrected chi connectivity index (χ0v) is 12.0. The molecule has 6 heteroatoms. The minimum atomic E-state index is -0.638. The molecule has 0 heterocycles. The fourth-order valence-corrected chi connectivity index (χ4v) is 2.18. The van der Waals surface area contributed by atoms with Gasteiger partial charge in [0.1, 0.15) is 0 Å². The summed E-state index contributed by atoms with van der Waals surface area (Å²) in [6.07, 6.45) is 0. The molecule has 0 fully saturated rings. The summed E-state index contributed by atoms with van der Waals surface area (Å²) in [4.78, 5) is 11.5. The van der Waals surface area contributed by atoms with Crippen LogP contribution in [0.2, 0.25) is 5.02 Å². The van der Waals surface area contributed by atoms with Crippen molar-refractivity contribution in [1.82, 2.24) is 0 Å². The molecule has 5 N–H and O–H groups in total. The maximum absolute atomic E-state index is 11.5. The number of primary amides is 1. The maximum Gasteiger partial charge on any atom is 0.250 e. The van der Waals surface area contributed by atoms with Crippen LogP contribution in [0.3, 0.4) is 0 Å². The number of aryl methyl sites for hydroxylation is 1. The Kier molecular flexibility index (Phi) is 4.01. The van der Waals surface area contributed by atoms with E-state index in [0.29, 0.717) is 22.6 Å². The Morgan fingerprint density at radius 2 is 2.05 bits per heavy atom. The molecule has 2 aromatic rings. The Labute approximate surface area is 127 Å². The van der Waals surface area contributed by atoms with E-state index in [-0.39, 0.29) is 10.6 Å². The van der Waals surface area contributed by atoms with E-state index in [9.17, 15) is 4.79 Å². The topological polar surface area (TPSA) is 105 Å². The van der Waals surface area contributed by atoms with E-state index in [2.05, 4.69) is 11.4 Å². The molecule has 0 bridgehead atoms. The molecule has 5 nitrogen and oxygen atoms in total. The van der Waals surface area contributed by atoms with Gasteiger partial charge in [-0.3, -0.25) is 4.79 Å². The molecule has 0 aromatic heterocycles. The highest BCUT2D eigenvalue weighted by atomic mass is 35.5. The zero-order valence-electron chi connectivity index (χ0n) is 11.3. The van der Waals surface area contributed by atoms with E-state index in [1.165, 1.54) is 12.1 Å². The minimum Gasteiger partial charge on any atom is -0.399 e. The summed E-state index contributed by atoms with van der Waals surface area (Å²) in [5.74, 6) is -0.638. The first kappa shape index (κ1) is 14.7. The summed E-state index contributed by atoms with van der Waals surface area (Å²) in [5, 5.41) is 12.3. The Morgan fingerprint density at radius 3 is 2.67 bits per heavy atom. The number of nitriles is 1. The highest BCUT2D eigenvalue weighted by molar-refractivity contribution is 6.34. The van der Waals surface area contributed by atoms with Gasteiger partial charge in [-0.1, -0.05) is 17.7 Å². The number of nitrogens with one attached hydrogen (secondary N) is 1. The number of carbonyl (C=O) groups excluding carboxylic acids is 1. The van der Waals surface area contributed by atoms with E-state index in [4.69, 9.17) is 28.3 Å². The molecule has 0 spiro atoms. The molecule has 21 heavy (non-hydrogen) atoms. The number of nitrogens with two attached hydrogens (primary N) is 2. The normalized spacial score (nSPS) is 9.95. The Morgan fingerprint density at radius 1 is 1.33 bits per heavy atom. The summed E-state index contributed by atoms with van der Waals surface area (Å²) >= 11 is 6.14. The molecule has 0 atom stereocenters. The summed E-state index contributed by atoms with van der Waals surface area (Å²) < 4.78 is 0. The lowest BCUT2D eigenvalue weighted by Gasteiger charge is -2.15. The van der Waals surface area contributed by atoms with E-state index in [1.54, 1.807) is 18.2 Å². The third-order valence-electron chi connectivity index (χ3n) is 3.00. The molecule has 0 radical (unpaired) electrons. The number of nitrogens with zero attached hydrogens (tertiary/aromatic N) is 1. The number of halogens is 1. The van der Waals surface area contributed by atoms with Crippen LogP contribution >= 0.6 is 11.6 Å². The second-order valence-corrected chi connectivity index (χ2v) is 4.96. The second-order valence-electron chi connectivity index (χ2n) is 4.56. The average molecular weight is 301 g/mol. The van der Waals surface area contributed by atoms with E-state index in [1.807, 2.05) is 6.92 Å². The molecular formula is C15H13ClN4O. The lowest BCUT2D eigenvalue weighted by atomic mass is 10.1. The van der Waals surface area contributed by atoms with Crippen LogP contribution in [-0.4, -0.2) is 5.91 Å². The van der Waals surface area contributed by atoms with Crippen molar-refractivity contribution in [1.29, 1.82) is 5.26 Å². The SMILES string of the molecule is Cc1ccc(C#N)cc1Nc1c(Cl)cc(N)cc1C(N)=O. The fraction of sp³-hybridized carbons (Fsp3) is 0.0667. The molecule has 0 aliphatic carbocycles. The fourth-order valence-electron chi connectivity index (χ4n) is 1.91. The Bertz CT molecular complexity index is 765. The molecule has 1 amide bonds. The van der Waals surface area contributed by atoms with Gasteiger partial charge in [0.25, 0.3) is 5.91 Å². The molecule has 0 aliphatic rings. The number of rotatable bonds is 3. The predicted molar refractivity (Wildman–Crippen MR) is 83.6 cm³/mol. The first-order valence-corrected chi connectivity index (χ1v) is 6.46. The second kappa shape index (κ2) is 5.73. The van der Waals surface area contributed by atoms with Crippen molar-refractivity contribution < 1.29 is 4.79 Å². The van der Waals surface area contributed by atoms with Crippen molar-refractivity contribution >= 4 is 34.6 Å². The highest BCUT2D eigenvalue weighted by Crippen LogP contribution is 2.32. The van der Waals surface area contributed by atoms with Gasteiger partial charge in [-0.25, -0.2) is 0 Å². The molecule has 0 unspecified atom stereocenters. The van der Waals surface area contributed by atoms with Gasteiger partial charge in [0, 0.05) is 11.4 Å². The van der Waals surface area contributed by atoms with Crippen LogP contribution in [0.15, 0.2) is 30.3 Å². The van der Waals surface area contributed by atoms with Gasteiger partial charge < -0.3 is 16.8 Å². The number of nitrogen functional groups attached to an aromatic ring is 1. The monoisotopic (exact) mass is 300 g/mol. The van der Waals surface area contributed by atoms with Gasteiger partial charge in [-0.05, 0) is 36.8 Å². The van der Waals surface area contributed by atoms with Gasteiger partial charge in [-0.2, -0.15) is 5.26 Å². The first-order valence-electron chi connectivity index (χ1n) is 6.09. The molecule has 0 saturated carbocycles. The van der Waals surface area contributed by atoms with Crippen LogP contribution in [-0.2, 0) is 0 Å². The maximum atomic E-state index is 11.5. The summed E-state index contributed by atoms with van der Waals surface area (Å²) in [7, 11) is 0. The lowest BCUT2D eigenvalue weighted by Crippen LogP contribution is -2.14. The lowest BCUT2D eigenvalue weighted by molar-refractivity contribution is 0.100. The smallest absolute Gasteiger partial charge is 0.250 e. The van der Waals surface area contributed by atoms with Crippen molar-refractivity contribution in [2.75, 3.05) is 11.1 Å². The molecule has 0 aliphatic heterocycles. The number of amides is 1. The van der Waals surface area contributed by atoms with Gasteiger partial charge in [0.15, 0.2) is 0 Å². The number of carbonyl (C=O) groups is 1. The van der Waals surface area contributed by atoms with E-state index < -0.39 is 5.91 Å². The average Bonchev–Trinajstić information content (AvgIpc) is 2.43. The zero-order chi connectivity index (χ0) is 15.6. The number of hydrogen-bond donors (Lipinski definition) is 3. The molecule has 0 saturated heterocycles. The summed E-state index contributed by atoms with van der Waals surface area (Å²) in [6.45, 7) is 1.87. The van der Waals surface area contributed by atoms with Crippen LogP contribution in [0.5, 0.6) is 0 Å². The summed E-state index contributed by atoms with van der Waals surface area (Å²) in [6, 6.07) is 10.2. The van der Waals surface area contributed by atoms with Gasteiger partial charge in [-0.15, -0.1) is 0 Å². The van der Waals surface area contributed by atoms with E-state index in [0.717, 1.165) is 5.56 Å². The third-order valence-corrected chi connectivity index (χ3v) is 3.30. The number of anilines is 3. The quantitative estimate of drug-likeness (QED) is 0.758. The Balaban J connectivity index is 2.54. The minimum absolute atomic E-state index is 0.196. The largest absolute Gasteiger partial charge is 0.399 e. The number of hydrogen-bond acceptors (Lipinski definition) is 4. The van der Waals surface area contributed by atoms with Crippen LogP contribution in [0.4, 0.5) is 17.1 Å². The van der Waals surface area contributed by atoms with Crippen LogP contribution < -0.4 is 16.8 Å². The van der Waals surface area contributed by atoms with Crippen molar-refractivity contribution in [2.24, 2.45) is 5.73 Å². The molecular weight excluding hydrogens is 288 g/mol. The van der Waals surface area contributed by atoms with Crippen LogP contribution in [0, 0.1) is 18.3 Å². The van der Waals surface area contributed by atoms with Crippen LogP contribution in [0.1, 0.15) is 21.5 Å². The molecule has 2 rings (SSSR count). The predicted octanol–water partition coefficient (Wildman–Crippen LogP) is 2.94. The van der Waals surface area contributed by atoms with Crippen molar-refractivity contribution in [2.45, 2.75) is 6.92 Å². The molecule has 106 valence electrons. The number of benzene rings is 2. The van der Waals surface area contributed by atoms with E-state index >= 15 is 0 Å². The van der Waals surface area contributed by atoms with Crippen LogP contribution in [0.25, 0.3) is 0 Å². The van der Waals surface area contributed by atoms with Gasteiger partial charge in [0.2, 0.25) is 0 Å².